The van der Waals surface area contributed by atoms with Crippen LogP contribution in [0, 0.1) is 12.8 Å². The van der Waals surface area contributed by atoms with Gasteiger partial charge in [0, 0.05) is 13.2 Å². The van der Waals surface area contributed by atoms with Gasteiger partial charge in [-0.05, 0) is 43.4 Å². The lowest BCUT2D eigenvalue weighted by Crippen LogP contribution is -2.10. The average molecular weight is 262 g/mol. The maximum atomic E-state index is 5.59. The van der Waals surface area contributed by atoms with Crippen molar-refractivity contribution in [2.45, 2.75) is 19.8 Å². The normalized spacial score (nSPS) is 15.2. The lowest BCUT2D eigenvalue weighted by Gasteiger charge is -2.03. The molecule has 0 unspecified atom stereocenters. The van der Waals surface area contributed by atoms with Crippen LogP contribution in [0.5, 0.6) is 0 Å². The van der Waals surface area contributed by atoms with Crippen molar-refractivity contribution in [1.29, 1.82) is 0 Å². The number of hydrogen-bond donors (Lipinski definition) is 1. The zero-order valence-electron chi connectivity index (χ0n) is 10.6. The monoisotopic (exact) mass is 262 g/mol. The van der Waals surface area contributed by atoms with Crippen LogP contribution in [-0.2, 0) is 4.74 Å². The molecule has 0 spiro atoms. The number of aromatic nitrogens is 1. The predicted molar refractivity (Wildman–Crippen MR) is 76.4 cm³/mol. The molecule has 18 heavy (non-hydrogen) atoms. The van der Waals surface area contributed by atoms with Crippen LogP contribution >= 0.6 is 11.3 Å². The summed E-state index contributed by atoms with van der Waals surface area (Å²) in [5.41, 5.74) is 2.34. The molecule has 1 aliphatic carbocycles. The van der Waals surface area contributed by atoms with E-state index in [9.17, 15) is 0 Å². The van der Waals surface area contributed by atoms with Crippen LogP contribution in [-0.4, -0.2) is 24.7 Å². The highest BCUT2D eigenvalue weighted by Crippen LogP contribution is 2.29. The van der Waals surface area contributed by atoms with Crippen LogP contribution in [0.15, 0.2) is 18.2 Å². The molecule has 0 bridgehead atoms. The fraction of sp³-hybridized carbons (Fsp3) is 0.500. The van der Waals surface area contributed by atoms with Gasteiger partial charge in [-0.1, -0.05) is 17.4 Å². The molecule has 0 aliphatic heterocycles. The van der Waals surface area contributed by atoms with Gasteiger partial charge in [-0.15, -0.1) is 0 Å². The van der Waals surface area contributed by atoms with E-state index in [0.29, 0.717) is 0 Å². The Balaban J connectivity index is 1.50. The highest BCUT2D eigenvalue weighted by atomic mass is 32.1. The zero-order chi connectivity index (χ0) is 12.4. The number of thiazole rings is 1. The summed E-state index contributed by atoms with van der Waals surface area (Å²) in [6.45, 7) is 4.63. The number of hydrogen-bond acceptors (Lipinski definition) is 4. The second-order valence-electron chi connectivity index (χ2n) is 4.94. The maximum absolute atomic E-state index is 5.59. The minimum Gasteiger partial charge on any atom is -0.379 e. The van der Waals surface area contributed by atoms with E-state index in [1.807, 2.05) is 0 Å². The summed E-state index contributed by atoms with van der Waals surface area (Å²) in [5, 5.41) is 4.32. The Morgan fingerprint density at radius 1 is 1.44 bits per heavy atom. The third-order valence-corrected chi connectivity index (χ3v) is 4.11. The first-order valence-electron chi connectivity index (χ1n) is 6.50. The maximum Gasteiger partial charge on any atom is 0.183 e. The fourth-order valence-electron chi connectivity index (χ4n) is 1.88. The second kappa shape index (κ2) is 5.24. The highest BCUT2D eigenvalue weighted by molar-refractivity contribution is 7.22. The SMILES string of the molecule is Cc1ccc2sc(NCCOCC3CC3)nc2c1. The summed E-state index contributed by atoms with van der Waals surface area (Å²) in [7, 11) is 0. The molecule has 1 heterocycles. The van der Waals surface area contributed by atoms with Crippen LogP contribution in [0.1, 0.15) is 18.4 Å². The first-order valence-corrected chi connectivity index (χ1v) is 7.32. The predicted octanol–water partition coefficient (Wildman–Crippen LogP) is 3.44. The van der Waals surface area contributed by atoms with Gasteiger partial charge < -0.3 is 10.1 Å². The van der Waals surface area contributed by atoms with Gasteiger partial charge in [0.05, 0.1) is 16.8 Å². The van der Waals surface area contributed by atoms with E-state index in [-0.39, 0.29) is 0 Å². The molecule has 1 aromatic heterocycles. The molecule has 96 valence electrons. The second-order valence-corrected chi connectivity index (χ2v) is 5.97. The van der Waals surface area contributed by atoms with Gasteiger partial charge in [-0.3, -0.25) is 0 Å². The topological polar surface area (TPSA) is 34.1 Å². The molecule has 0 amide bonds. The number of fused-ring (bicyclic) bond motifs is 1. The third kappa shape index (κ3) is 3.00. The van der Waals surface area contributed by atoms with E-state index in [1.54, 1.807) is 11.3 Å². The number of ether oxygens (including phenoxy) is 1. The number of nitrogens with zero attached hydrogens (tertiary/aromatic N) is 1. The van der Waals surface area contributed by atoms with Crippen molar-refractivity contribution >= 4 is 26.7 Å². The van der Waals surface area contributed by atoms with Crippen molar-refractivity contribution in [3.05, 3.63) is 23.8 Å². The summed E-state index contributed by atoms with van der Waals surface area (Å²) in [4.78, 5) is 4.57. The van der Waals surface area contributed by atoms with Crippen LogP contribution in [0.4, 0.5) is 5.13 Å². The van der Waals surface area contributed by atoms with Crippen molar-refractivity contribution in [2.24, 2.45) is 5.92 Å². The number of benzene rings is 1. The minimum absolute atomic E-state index is 0.769. The molecular formula is C14H18N2OS. The van der Waals surface area contributed by atoms with Crippen LogP contribution in [0.25, 0.3) is 10.2 Å². The van der Waals surface area contributed by atoms with Crippen LogP contribution in [0.2, 0.25) is 0 Å². The third-order valence-electron chi connectivity index (χ3n) is 3.12. The van der Waals surface area contributed by atoms with Gasteiger partial charge in [-0.25, -0.2) is 4.98 Å². The number of aryl methyl sites for hydroxylation is 1. The molecule has 2 aromatic rings. The van der Waals surface area contributed by atoms with Crippen molar-refractivity contribution in [1.82, 2.24) is 4.98 Å². The van der Waals surface area contributed by atoms with Gasteiger partial charge in [0.2, 0.25) is 0 Å². The number of rotatable bonds is 6. The van der Waals surface area contributed by atoms with Crippen molar-refractivity contribution in [2.75, 3.05) is 25.1 Å². The lowest BCUT2D eigenvalue weighted by molar-refractivity contribution is 0.134. The molecule has 3 rings (SSSR count). The molecule has 3 nitrogen and oxygen atoms in total. The van der Waals surface area contributed by atoms with Gasteiger partial charge in [0.15, 0.2) is 5.13 Å². The molecule has 1 fully saturated rings. The average Bonchev–Trinajstić information content (AvgIpc) is 3.08. The first-order chi connectivity index (χ1) is 8.81. The smallest absolute Gasteiger partial charge is 0.183 e. The molecule has 1 saturated carbocycles. The highest BCUT2D eigenvalue weighted by Gasteiger charge is 2.20. The minimum atomic E-state index is 0.769. The molecule has 4 heteroatoms. The number of nitrogens with one attached hydrogen (secondary N) is 1. The van der Waals surface area contributed by atoms with Crippen molar-refractivity contribution < 1.29 is 4.74 Å². The first kappa shape index (κ1) is 11.9. The summed E-state index contributed by atoms with van der Waals surface area (Å²) < 4.78 is 6.82. The number of anilines is 1. The standard InChI is InChI=1S/C14H18N2OS/c1-10-2-5-13-12(8-10)16-14(18-13)15-6-7-17-9-11-3-4-11/h2,5,8,11H,3-4,6-7,9H2,1H3,(H,15,16). The van der Waals surface area contributed by atoms with Gasteiger partial charge in [-0.2, -0.15) is 0 Å². The van der Waals surface area contributed by atoms with E-state index in [0.717, 1.165) is 36.3 Å². The molecule has 1 aliphatic rings. The van der Waals surface area contributed by atoms with E-state index < -0.39 is 0 Å². The summed E-state index contributed by atoms with van der Waals surface area (Å²) in [6, 6.07) is 6.39. The quantitative estimate of drug-likeness (QED) is 0.810. The Hall–Kier alpha value is -1.13. The van der Waals surface area contributed by atoms with E-state index in [4.69, 9.17) is 4.74 Å². The Morgan fingerprint density at radius 3 is 3.17 bits per heavy atom. The lowest BCUT2D eigenvalue weighted by atomic mass is 10.2. The summed E-state index contributed by atoms with van der Waals surface area (Å²) in [5.74, 6) is 0.843. The Bertz CT molecular complexity index is 534. The van der Waals surface area contributed by atoms with Gasteiger partial charge in [0.25, 0.3) is 0 Å². The fourth-order valence-corrected chi connectivity index (χ4v) is 2.75. The van der Waals surface area contributed by atoms with E-state index in [1.165, 1.54) is 23.1 Å². The van der Waals surface area contributed by atoms with Crippen LogP contribution < -0.4 is 5.32 Å². The van der Waals surface area contributed by atoms with Crippen LogP contribution in [0.3, 0.4) is 0 Å². The zero-order valence-corrected chi connectivity index (χ0v) is 11.4. The largest absolute Gasteiger partial charge is 0.379 e. The van der Waals surface area contributed by atoms with Gasteiger partial charge >= 0.3 is 0 Å². The summed E-state index contributed by atoms with van der Waals surface area (Å²) in [6.07, 6.45) is 2.70. The molecule has 0 saturated heterocycles. The van der Waals surface area contributed by atoms with E-state index in [2.05, 4.69) is 35.4 Å². The molecule has 0 radical (unpaired) electrons. The molecule has 1 N–H and O–H groups in total. The Morgan fingerprint density at radius 2 is 2.33 bits per heavy atom. The van der Waals surface area contributed by atoms with Gasteiger partial charge in [0.1, 0.15) is 0 Å². The Labute approximate surface area is 111 Å². The molecule has 0 atom stereocenters. The van der Waals surface area contributed by atoms with Crippen molar-refractivity contribution in [3.8, 4) is 0 Å². The molecule has 1 aromatic carbocycles. The molecular weight excluding hydrogens is 244 g/mol. The van der Waals surface area contributed by atoms with Crippen molar-refractivity contribution in [3.63, 3.8) is 0 Å². The summed E-state index contributed by atoms with van der Waals surface area (Å²) >= 11 is 1.70. The Kier molecular flexibility index (Phi) is 3.48. The van der Waals surface area contributed by atoms with E-state index >= 15 is 0 Å².